The smallest absolute Gasteiger partial charge is 0.310 e. The summed E-state index contributed by atoms with van der Waals surface area (Å²) in [6, 6.07) is 8.91. The molecule has 4 atom stereocenters. The second-order valence-corrected chi connectivity index (χ2v) is 6.44. The number of rotatable bonds is 2. The molecular weight excluding hydrogens is 294 g/mol. The van der Waals surface area contributed by atoms with E-state index in [1.807, 2.05) is 18.2 Å². The zero-order chi connectivity index (χ0) is 16.2. The Labute approximate surface area is 133 Å². The predicted octanol–water partition coefficient (Wildman–Crippen LogP) is 1.93. The molecule has 1 aromatic carbocycles. The molecule has 5 heteroatoms. The van der Waals surface area contributed by atoms with Crippen molar-refractivity contribution in [1.29, 1.82) is 0 Å². The summed E-state index contributed by atoms with van der Waals surface area (Å²) in [6.07, 6.45) is 5.12. The molecule has 5 rings (SSSR count). The molecule has 4 unspecified atom stereocenters. The van der Waals surface area contributed by atoms with Gasteiger partial charge in [0.05, 0.1) is 30.0 Å². The van der Waals surface area contributed by atoms with Crippen LogP contribution in [0.5, 0.6) is 0 Å². The fourth-order valence-electron chi connectivity index (χ4n) is 4.41. The molecule has 2 amide bonds. The third kappa shape index (κ3) is 1.70. The van der Waals surface area contributed by atoms with Crippen molar-refractivity contribution in [2.24, 2.45) is 23.2 Å². The van der Waals surface area contributed by atoms with Crippen LogP contribution in [0.3, 0.4) is 0 Å². The molecule has 4 aliphatic rings. The van der Waals surface area contributed by atoms with Gasteiger partial charge < -0.3 is 4.74 Å². The number of benzene rings is 1. The van der Waals surface area contributed by atoms with Gasteiger partial charge in [0.2, 0.25) is 11.8 Å². The number of amides is 2. The van der Waals surface area contributed by atoms with Gasteiger partial charge >= 0.3 is 5.97 Å². The average molecular weight is 311 g/mol. The molecule has 0 radical (unpaired) electrons. The van der Waals surface area contributed by atoms with Crippen LogP contribution in [0, 0.1) is 23.2 Å². The number of para-hydroxylation sites is 1. The van der Waals surface area contributed by atoms with Crippen molar-refractivity contribution >= 4 is 23.5 Å². The summed E-state index contributed by atoms with van der Waals surface area (Å²) >= 11 is 0. The van der Waals surface area contributed by atoms with Crippen LogP contribution in [-0.2, 0) is 19.1 Å². The number of methoxy groups -OCH3 is 1. The maximum Gasteiger partial charge on any atom is 0.310 e. The second-order valence-electron chi connectivity index (χ2n) is 6.44. The van der Waals surface area contributed by atoms with E-state index in [9.17, 15) is 14.4 Å². The van der Waals surface area contributed by atoms with Crippen LogP contribution >= 0.6 is 0 Å². The highest BCUT2D eigenvalue weighted by Gasteiger charge is 2.67. The lowest BCUT2D eigenvalue weighted by Crippen LogP contribution is -2.50. The molecule has 1 saturated heterocycles. The summed E-state index contributed by atoms with van der Waals surface area (Å²) in [6.45, 7) is 0. The standard InChI is InChI=1S/C18H17NO4/c1-23-16(21)13-11-7-9-18(10-8-11)14(13)15(20)19(17(18)22)12-5-3-2-4-6-12/h2-7,9,11,13-14H,8,10H2,1H3. The molecule has 3 aliphatic carbocycles. The molecule has 1 aliphatic heterocycles. The van der Waals surface area contributed by atoms with Gasteiger partial charge in [0.25, 0.3) is 0 Å². The molecule has 0 N–H and O–H groups in total. The number of allylic oxidation sites excluding steroid dienone is 1. The lowest BCUT2D eigenvalue weighted by molar-refractivity contribution is -0.157. The van der Waals surface area contributed by atoms with E-state index in [0.29, 0.717) is 12.1 Å². The highest BCUT2D eigenvalue weighted by molar-refractivity contribution is 6.25. The molecule has 1 aromatic rings. The van der Waals surface area contributed by atoms with Gasteiger partial charge in [-0.1, -0.05) is 30.4 Å². The van der Waals surface area contributed by atoms with Crippen LogP contribution in [0.25, 0.3) is 0 Å². The van der Waals surface area contributed by atoms with E-state index in [1.165, 1.54) is 12.0 Å². The average Bonchev–Trinajstić information content (AvgIpc) is 2.83. The molecule has 1 heterocycles. The number of hydrogen-bond donors (Lipinski definition) is 0. The quantitative estimate of drug-likeness (QED) is 0.476. The number of carbonyl (C=O) groups is 3. The maximum atomic E-state index is 13.1. The zero-order valence-electron chi connectivity index (χ0n) is 12.8. The number of imide groups is 1. The van der Waals surface area contributed by atoms with E-state index in [4.69, 9.17) is 4.74 Å². The number of esters is 1. The fraction of sp³-hybridized carbons (Fsp3) is 0.389. The van der Waals surface area contributed by atoms with Gasteiger partial charge in [0.1, 0.15) is 0 Å². The molecule has 1 spiro atoms. The number of anilines is 1. The van der Waals surface area contributed by atoms with Crippen molar-refractivity contribution in [3.05, 3.63) is 42.5 Å². The van der Waals surface area contributed by atoms with Crippen molar-refractivity contribution in [3.8, 4) is 0 Å². The fourth-order valence-corrected chi connectivity index (χ4v) is 4.41. The SMILES string of the molecule is COC(=O)C1C2C=CC3(CC2)C(=O)N(c2ccccc2)C(=O)C13. The third-order valence-corrected chi connectivity index (χ3v) is 5.48. The number of hydrogen-bond acceptors (Lipinski definition) is 4. The summed E-state index contributed by atoms with van der Waals surface area (Å²) in [5.41, 5.74) is -0.327. The summed E-state index contributed by atoms with van der Waals surface area (Å²) in [5.74, 6) is -2.14. The predicted molar refractivity (Wildman–Crippen MR) is 82.2 cm³/mol. The monoisotopic (exact) mass is 311 g/mol. The van der Waals surface area contributed by atoms with Gasteiger partial charge in [-0.3, -0.25) is 14.4 Å². The summed E-state index contributed by atoms with van der Waals surface area (Å²) < 4.78 is 4.92. The van der Waals surface area contributed by atoms with E-state index in [2.05, 4.69) is 0 Å². The molecule has 0 aromatic heterocycles. The third-order valence-electron chi connectivity index (χ3n) is 5.48. The first kappa shape index (κ1) is 14.2. The number of fused-ring (bicyclic) bond motifs is 1. The lowest BCUT2D eigenvalue weighted by Gasteiger charge is -2.45. The molecule has 2 bridgehead atoms. The Balaban J connectivity index is 1.84. The number of nitrogens with zero attached hydrogens (tertiary/aromatic N) is 1. The molecule has 2 fully saturated rings. The van der Waals surface area contributed by atoms with Gasteiger partial charge in [-0.25, -0.2) is 4.90 Å². The molecule has 5 nitrogen and oxygen atoms in total. The minimum atomic E-state index is -0.888. The molecule has 118 valence electrons. The van der Waals surface area contributed by atoms with Crippen molar-refractivity contribution in [3.63, 3.8) is 0 Å². The summed E-state index contributed by atoms with van der Waals surface area (Å²) in [4.78, 5) is 39.6. The second kappa shape index (κ2) is 4.78. The van der Waals surface area contributed by atoms with Crippen LogP contribution in [0.15, 0.2) is 42.5 Å². The van der Waals surface area contributed by atoms with Gasteiger partial charge in [-0.2, -0.15) is 0 Å². The van der Waals surface area contributed by atoms with Crippen molar-refractivity contribution in [2.75, 3.05) is 12.0 Å². The minimum absolute atomic E-state index is 0.0261. The first-order valence-corrected chi connectivity index (χ1v) is 7.81. The van der Waals surface area contributed by atoms with Crippen LogP contribution in [-0.4, -0.2) is 24.9 Å². The number of carbonyl (C=O) groups excluding carboxylic acids is 3. The van der Waals surface area contributed by atoms with Crippen LogP contribution in [0.1, 0.15) is 12.8 Å². The minimum Gasteiger partial charge on any atom is -0.469 e. The Kier molecular flexibility index (Phi) is 2.95. The van der Waals surface area contributed by atoms with Crippen molar-refractivity contribution in [2.45, 2.75) is 12.8 Å². The lowest BCUT2D eigenvalue weighted by atomic mass is 9.55. The zero-order valence-corrected chi connectivity index (χ0v) is 12.8. The van der Waals surface area contributed by atoms with Gasteiger partial charge in [-0.05, 0) is 30.9 Å². The van der Waals surface area contributed by atoms with Gasteiger partial charge in [0, 0.05) is 0 Å². The Hall–Kier alpha value is -2.43. The Morgan fingerprint density at radius 3 is 2.61 bits per heavy atom. The van der Waals surface area contributed by atoms with Crippen LogP contribution < -0.4 is 4.90 Å². The topological polar surface area (TPSA) is 63.7 Å². The van der Waals surface area contributed by atoms with E-state index in [1.54, 1.807) is 24.3 Å². The highest BCUT2D eigenvalue weighted by atomic mass is 16.5. The first-order valence-electron chi connectivity index (χ1n) is 7.81. The Morgan fingerprint density at radius 2 is 2.00 bits per heavy atom. The number of ether oxygens (including phenoxy) is 1. The first-order chi connectivity index (χ1) is 11.1. The van der Waals surface area contributed by atoms with Gasteiger partial charge in [-0.15, -0.1) is 0 Å². The van der Waals surface area contributed by atoms with Crippen molar-refractivity contribution < 1.29 is 19.1 Å². The molecule has 1 saturated carbocycles. The Morgan fingerprint density at radius 1 is 1.26 bits per heavy atom. The van der Waals surface area contributed by atoms with E-state index < -0.39 is 23.2 Å². The van der Waals surface area contributed by atoms with E-state index >= 15 is 0 Å². The summed E-state index contributed by atoms with van der Waals surface area (Å²) in [5, 5.41) is 0. The molecule has 23 heavy (non-hydrogen) atoms. The van der Waals surface area contributed by atoms with Gasteiger partial charge in [0.15, 0.2) is 0 Å². The van der Waals surface area contributed by atoms with Crippen LogP contribution in [0.2, 0.25) is 0 Å². The normalized spacial score (nSPS) is 34.7. The largest absolute Gasteiger partial charge is 0.469 e. The van der Waals surface area contributed by atoms with E-state index in [-0.39, 0.29) is 17.7 Å². The molecular formula is C18H17NO4. The van der Waals surface area contributed by atoms with Crippen molar-refractivity contribution in [1.82, 2.24) is 0 Å². The Bertz CT molecular complexity index is 726. The highest BCUT2D eigenvalue weighted by Crippen LogP contribution is 2.58. The summed E-state index contributed by atoms with van der Waals surface area (Å²) in [7, 11) is 1.33. The van der Waals surface area contributed by atoms with Crippen LogP contribution in [0.4, 0.5) is 5.69 Å². The maximum absolute atomic E-state index is 13.1. The van der Waals surface area contributed by atoms with E-state index in [0.717, 1.165) is 6.42 Å².